The van der Waals surface area contributed by atoms with Crippen LogP contribution in [-0.2, 0) is 6.54 Å². The van der Waals surface area contributed by atoms with Crippen LogP contribution in [0.4, 0.5) is 0 Å². The van der Waals surface area contributed by atoms with Crippen LogP contribution < -0.4 is 10.6 Å². The molecule has 0 bridgehead atoms. The fraction of sp³-hybridized carbons (Fsp3) is 0.789. The first-order valence-corrected chi connectivity index (χ1v) is 9.95. The molecule has 2 N–H and O–H groups in total. The number of aryl methyl sites for hydroxylation is 3. The molecule has 0 amide bonds. The zero-order valence-electron chi connectivity index (χ0n) is 17.1. The maximum atomic E-state index is 4.50. The third kappa shape index (κ3) is 7.33. The molecular formula is C19H37N7. The topological polar surface area (TPSA) is 60.7 Å². The van der Waals surface area contributed by atoms with Crippen molar-refractivity contribution >= 4 is 5.96 Å². The second-order valence-corrected chi connectivity index (χ2v) is 7.28. The molecule has 1 aromatic rings. The Balaban J connectivity index is 1.55. The number of rotatable bonds is 8. The van der Waals surface area contributed by atoms with Gasteiger partial charge in [0.25, 0.3) is 0 Å². The fourth-order valence-electron chi connectivity index (χ4n) is 3.39. The average molecular weight is 364 g/mol. The summed E-state index contributed by atoms with van der Waals surface area (Å²) >= 11 is 0. The van der Waals surface area contributed by atoms with Gasteiger partial charge in [0, 0.05) is 45.5 Å². The van der Waals surface area contributed by atoms with Crippen molar-refractivity contribution in [2.24, 2.45) is 4.99 Å². The number of aliphatic imine (C=N–C) groups is 1. The molecule has 2 rings (SSSR count). The molecule has 148 valence electrons. The summed E-state index contributed by atoms with van der Waals surface area (Å²) in [5, 5.41) is 11.3. The van der Waals surface area contributed by atoms with Gasteiger partial charge in [-0.05, 0) is 65.9 Å². The van der Waals surface area contributed by atoms with Crippen LogP contribution in [0.2, 0.25) is 0 Å². The lowest BCUT2D eigenvalue weighted by Crippen LogP contribution is -2.39. The first kappa shape index (κ1) is 20.7. The van der Waals surface area contributed by atoms with Gasteiger partial charge in [-0.2, -0.15) is 5.10 Å². The number of nitrogens with zero attached hydrogens (tertiary/aromatic N) is 5. The van der Waals surface area contributed by atoms with Crippen LogP contribution in [0.15, 0.2) is 11.1 Å². The van der Waals surface area contributed by atoms with E-state index in [1.165, 1.54) is 38.3 Å². The molecule has 0 saturated carbocycles. The molecule has 0 radical (unpaired) electrons. The molecule has 1 fully saturated rings. The van der Waals surface area contributed by atoms with Crippen LogP contribution in [-0.4, -0.2) is 85.4 Å². The molecule has 0 aromatic carbocycles. The normalized spacial score (nSPS) is 17.3. The monoisotopic (exact) mass is 363 g/mol. The summed E-state index contributed by atoms with van der Waals surface area (Å²) < 4.78 is 2.08. The number of aromatic nitrogens is 2. The molecule has 0 spiro atoms. The van der Waals surface area contributed by atoms with Gasteiger partial charge in [0.1, 0.15) is 0 Å². The van der Waals surface area contributed by atoms with Gasteiger partial charge in [0.2, 0.25) is 0 Å². The van der Waals surface area contributed by atoms with Gasteiger partial charge in [0.15, 0.2) is 5.96 Å². The van der Waals surface area contributed by atoms with E-state index in [1.54, 1.807) is 0 Å². The van der Waals surface area contributed by atoms with Crippen molar-refractivity contribution in [1.82, 2.24) is 30.2 Å². The largest absolute Gasteiger partial charge is 0.356 e. The maximum Gasteiger partial charge on any atom is 0.190 e. The lowest BCUT2D eigenvalue weighted by atomic mass is 10.3. The quantitative estimate of drug-likeness (QED) is 0.411. The van der Waals surface area contributed by atoms with Gasteiger partial charge in [-0.1, -0.05) is 0 Å². The summed E-state index contributed by atoms with van der Waals surface area (Å²) in [5.74, 6) is 0.897. The highest BCUT2D eigenvalue weighted by molar-refractivity contribution is 5.79. The van der Waals surface area contributed by atoms with Gasteiger partial charge in [-0.15, -0.1) is 0 Å². The Morgan fingerprint density at radius 2 is 1.81 bits per heavy atom. The molecule has 1 aliphatic rings. The molecule has 7 nitrogen and oxygen atoms in total. The van der Waals surface area contributed by atoms with E-state index in [0.717, 1.165) is 50.7 Å². The van der Waals surface area contributed by atoms with E-state index >= 15 is 0 Å². The number of likely N-dealkylation sites (N-methyl/N-ethyl adjacent to an activating group) is 1. The summed E-state index contributed by atoms with van der Waals surface area (Å²) in [5.41, 5.74) is 2.31. The van der Waals surface area contributed by atoms with Crippen molar-refractivity contribution in [2.45, 2.75) is 39.7 Å². The Morgan fingerprint density at radius 3 is 2.46 bits per heavy atom. The van der Waals surface area contributed by atoms with E-state index < -0.39 is 0 Å². The van der Waals surface area contributed by atoms with Crippen molar-refractivity contribution < 1.29 is 0 Å². The van der Waals surface area contributed by atoms with Gasteiger partial charge >= 0.3 is 0 Å². The minimum Gasteiger partial charge on any atom is -0.356 e. The Kier molecular flexibility index (Phi) is 8.91. The van der Waals surface area contributed by atoms with Crippen molar-refractivity contribution in [2.75, 3.05) is 59.9 Å². The highest BCUT2D eigenvalue weighted by Crippen LogP contribution is 2.02. The predicted octanol–water partition coefficient (Wildman–Crippen LogP) is 1.08. The molecule has 26 heavy (non-hydrogen) atoms. The fourth-order valence-corrected chi connectivity index (χ4v) is 3.39. The molecule has 1 saturated heterocycles. The van der Waals surface area contributed by atoms with Gasteiger partial charge in [0.05, 0.1) is 5.69 Å². The van der Waals surface area contributed by atoms with Gasteiger partial charge in [-0.3, -0.25) is 9.67 Å². The van der Waals surface area contributed by atoms with Crippen LogP contribution >= 0.6 is 0 Å². The maximum absolute atomic E-state index is 4.50. The van der Waals surface area contributed by atoms with E-state index in [1.807, 2.05) is 14.0 Å². The molecule has 0 aliphatic carbocycles. The van der Waals surface area contributed by atoms with Crippen LogP contribution in [0.1, 0.15) is 30.7 Å². The molecule has 1 aliphatic heterocycles. The van der Waals surface area contributed by atoms with Crippen molar-refractivity contribution in [1.29, 1.82) is 0 Å². The van der Waals surface area contributed by atoms with Crippen LogP contribution in [0.3, 0.4) is 0 Å². The lowest BCUT2D eigenvalue weighted by molar-refractivity contribution is 0.274. The van der Waals surface area contributed by atoms with Gasteiger partial charge < -0.3 is 20.4 Å². The van der Waals surface area contributed by atoms with E-state index in [2.05, 4.69) is 55.2 Å². The smallest absolute Gasteiger partial charge is 0.190 e. The summed E-state index contributed by atoms with van der Waals surface area (Å²) in [6, 6.07) is 2.12. The molecule has 1 aromatic heterocycles. The number of hydrogen-bond acceptors (Lipinski definition) is 4. The number of hydrogen-bond donors (Lipinski definition) is 2. The first-order chi connectivity index (χ1) is 12.6. The van der Waals surface area contributed by atoms with Crippen LogP contribution in [0, 0.1) is 13.8 Å². The summed E-state index contributed by atoms with van der Waals surface area (Å²) in [7, 11) is 4.05. The zero-order chi connectivity index (χ0) is 18.8. The zero-order valence-corrected chi connectivity index (χ0v) is 17.1. The lowest BCUT2D eigenvalue weighted by Gasteiger charge is -2.20. The average Bonchev–Trinajstić information content (AvgIpc) is 2.80. The minimum atomic E-state index is 0.897. The first-order valence-electron chi connectivity index (χ1n) is 9.95. The summed E-state index contributed by atoms with van der Waals surface area (Å²) in [6.07, 6.45) is 3.46. The van der Waals surface area contributed by atoms with E-state index in [9.17, 15) is 0 Å². The third-order valence-electron chi connectivity index (χ3n) is 4.92. The van der Waals surface area contributed by atoms with Crippen LogP contribution in [0.25, 0.3) is 0 Å². The predicted molar refractivity (Wildman–Crippen MR) is 109 cm³/mol. The SMILES string of the molecule is CN=C(NCCCN1CCCN(C)CC1)NCCCn1nc(C)cc1C. The molecule has 0 unspecified atom stereocenters. The van der Waals surface area contributed by atoms with E-state index in [4.69, 9.17) is 0 Å². The molecule has 2 heterocycles. The standard InChI is InChI=1S/C19H37N7/c1-17-16-18(2)26(23-17)13-6-9-22-19(20-3)21-8-5-11-25-12-7-10-24(4)14-15-25/h16H,5-15H2,1-4H3,(H2,20,21,22). The van der Waals surface area contributed by atoms with Crippen molar-refractivity contribution in [3.8, 4) is 0 Å². The third-order valence-corrected chi connectivity index (χ3v) is 4.92. The Labute approximate surface area is 158 Å². The summed E-state index contributed by atoms with van der Waals surface area (Å²) in [6.45, 7) is 12.9. The molecule has 7 heteroatoms. The highest BCUT2D eigenvalue weighted by atomic mass is 15.3. The van der Waals surface area contributed by atoms with Gasteiger partial charge in [-0.25, -0.2) is 0 Å². The Hall–Kier alpha value is -1.60. The number of guanidine groups is 1. The minimum absolute atomic E-state index is 0.897. The highest BCUT2D eigenvalue weighted by Gasteiger charge is 2.11. The van der Waals surface area contributed by atoms with E-state index in [-0.39, 0.29) is 0 Å². The second kappa shape index (κ2) is 11.2. The summed E-state index contributed by atoms with van der Waals surface area (Å²) in [4.78, 5) is 9.32. The number of nitrogens with one attached hydrogen (secondary N) is 2. The van der Waals surface area contributed by atoms with Crippen LogP contribution in [0.5, 0.6) is 0 Å². The Morgan fingerprint density at radius 1 is 1.08 bits per heavy atom. The van der Waals surface area contributed by atoms with Crippen molar-refractivity contribution in [3.63, 3.8) is 0 Å². The van der Waals surface area contributed by atoms with E-state index in [0.29, 0.717) is 0 Å². The van der Waals surface area contributed by atoms with Crippen molar-refractivity contribution in [3.05, 3.63) is 17.5 Å². The molecule has 0 atom stereocenters. The Bertz CT molecular complexity index is 552. The molecular weight excluding hydrogens is 326 g/mol. The second-order valence-electron chi connectivity index (χ2n) is 7.28.